The van der Waals surface area contributed by atoms with E-state index in [2.05, 4.69) is 47.1 Å². The maximum Gasteiger partial charge on any atom is 0.264 e. The quantitative estimate of drug-likeness (QED) is 0.186. The molecule has 0 aliphatic carbocycles. The van der Waals surface area contributed by atoms with Crippen LogP contribution in [0.4, 0.5) is 5.69 Å². The van der Waals surface area contributed by atoms with E-state index in [0.717, 1.165) is 38.1 Å². The molecular weight excluding hydrogens is 564 g/mol. The molecule has 0 unspecified atom stereocenters. The van der Waals surface area contributed by atoms with Crippen molar-refractivity contribution in [2.75, 3.05) is 25.1 Å². The van der Waals surface area contributed by atoms with Gasteiger partial charge in [-0.15, -0.1) is 0 Å². The zero-order valence-electron chi connectivity index (χ0n) is 25.8. The number of carbonyl (C=O) groups excluding carboxylic acids is 1. The molecule has 0 saturated heterocycles. The summed E-state index contributed by atoms with van der Waals surface area (Å²) in [5.74, 6) is 0.0576. The highest BCUT2D eigenvalue weighted by molar-refractivity contribution is 7.92. The zero-order chi connectivity index (χ0) is 31.5. The standard InChI is InChI=1S/C33H38N4O5S/c1-21-13-22(2)15-29(14-21)36(43(39,40)30-11-12-31(41-7)32(18-30)42-8)20-33(38)35-34-19-27-17-25(5)37(26(27)6)28-10-9-23(3)24(4)16-28/h9-19H,20H2,1-8H3,(H,35,38)/b34-19+. The van der Waals surface area contributed by atoms with Gasteiger partial charge in [0, 0.05) is 28.7 Å². The van der Waals surface area contributed by atoms with Crippen LogP contribution in [0.2, 0.25) is 0 Å². The predicted molar refractivity (Wildman–Crippen MR) is 170 cm³/mol. The molecule has 1 amide bonds. The van der Waals surface area contributed by atoms with Crippen LogP contribution < -0.4 is 19.2 Å². The summed E-state index contributed by atoms with van der Waals surface area (Å²) in [5.41, 5.74) is 10.9. The number of sulfonamides is 1. The molecule has 1 heterocycles. The van der Waals surface area contributed by atoms with Gasteiger partial charge in [-0.2, -0.15) is 5.10 Å². The fraction of sp³-hybridized carbons (Fsp3) is 0.273. The van der Waals surface area contributed by atoms with E-state index in [0.29, 0.717) is 11.4 Å². The number of carbonyl (C=O) groups is 1. The van der Waals surface area contributed by atoms with Crippen LogP contribution >= 0.6 is 0 Å². The van der Waals surface area contributed by atoms with Gasteiger partial charge >= 0.3 is 0 Å². The number of hydrogen-bond donors (Lipinski definition) is 1. The first-order chi connectivity index (χ1) is 20.3. The van der Waals surface area contributed by atoms with Gasteiger partial charge in [0.2, 0.25) is 0 Å². The fourth-order valence-electron chi connectivity index (χ4n) is 5.03. The van der Waals surface area contributed by atoms with Gasteiger partial charge in [-0.25, -0.2) is 13.8 Å². The molecule has 4 aromatic rings. The van der Waals surface area contributed by atoms with Gasteiger partial charge in [0.05, 0.1) is 31.0 Å². The van der Waals surface area contributed by atoms with Crippen LogP contribution in [-0.2, 0) is 14.8 Å². The number of anilines is 1. The van der Waals surface area contributed by atoms with Crippen molar-refractivity contribution >= 4 is 27.8 Å². The minimum absolute atomic E-state index is 0.0422. The molecule has 1 N–H and O–H groups in total. The molecule has 4 rings (SSSR count). The van der Waals surface area contributed by atoms with Crippen LogP contribution in [0.5, 0.6) is 11.5 Å². The molecule has 0 spiro atoms. The van der Waals surface area contributed by atoms with E-state index in [-0.39, 0.29) is 10.6 Å². The summed E-state index contributed by atoms with van der Waals surface area (Å²) in [7, 11) is -1.28. The van der Waals surface area contributed by atoms with Crippen molar-refractivity contribution in [1.82, 2.24) is 9.99 Å². The second kappa shape index (κ2) is 12.7. The van der Waals surface area contributed by atoms with Crippen LogP contribution in [0, 0.1) is 41.5 Å². The van der Waals surface area contributed by atoms with Crippen molar-refractivity contribution in [3.8, 4) is 17.2 Å². The Kier molecular flexibility index (Phi) is 9.30. The molecule has 226 valence electrons. The Bertz CT molecular complexity index is 1790. The lowest BCUT2D eigenvalue weighted by Crippen LogP contribution is -2.39. The molecule has 0 aliphatic rings. The Hall–Kier alpha value is -4.57. The number of methoxy groups -OCH3 is 2. The topological polar surface area (TPSA) is 102 Å². The Balaban J connectivity index is 1.61. The fourth-order valence-corrected chi connectivity index (χ4v) is 6.45. The number of nitrogens with zero attached hydrogens (tertiary/aromatic N) is 3. The van der Waals surface area contributed by atoms with Crippen LogP contribution in [0.15, 0.2) is 70.7 Å². The minimum atomic E-state index is -4.18. The first kappa shape index (κ1) is 31.4. The third-order valence-corrected chi connectivity index (χ3v) is 9.11. The first-order valence-corrected chi connectivity index (χ1v) is 15.2. The molecule has 0 saturated carbocycles. The summed E-state index contributed by atoms with van der Waals surface area (Å²) >= 11 is 0. The SMILES string of the molecule is COc1ccc(S(=O)(=O)N(CC(=O)N/N=C/c2cc(C)n(-c3ccc(C)c(C)c3)c2C)c2cc(C)cc(C)c2)cc1OC. The molecule has 10 heteroatoms. The van der Waals surface area contributed by atoms with Gasteiger partial charge in [0.1, 0.15) is 6.54 Å². The maximum atomic E-state index is 13.9. The molecule has 0 fully saturated rings. The minimum Gasteiger partial charge on any atom is -0.493 e. The molecule has 0 radical (unpaired) electrons. The van der Waals surface area contributed by atoms with Crippen LogP contribution in [0.1, 0.15) is 39.2 Å². The van der Waals surface area contributed by atoms with Gasteiger partial charge in [0.15, 0.2) is 11.5 Å². The van der Waals surface area contributed by atoms with Crippen LogP contribution in [0.25, 0.3) is 5.69 Å². The predicted octanol–water partition coefficient (Wildman–Crippen LogP) is 5.69. The number of aromatic nitrogens is 1. The number of ether oxygens (including phenoxy) is 2. The van der Waals surface area contributed by atoms with Crippen molar-refractivity contribution in [3.05, 3.63) is 99.9 Å². The number of benzene rings is 3. The molecule has 3 aromatic carbocycles. The van der Waals surface area contributed by atoms with E-state index in [9.17, 15) is 13.2 Å². The first-order valence-electron chi connectivity index (χ1n) is 13.8. The number of amides is 1. The summed E-state index contributed by atoms with van der Waals surface area (Å²) in [5, 5.41) is 4.17. The second-order valence-electron chi connectivity index (χ2n) is 10.6. The molecule has 1 aromatic heterocycles. The van der Waals surface area contributed by atoms with Gasteiger partial charge in [0.25, 0.3) is 15.9 Å². The van der Waals surface area contributed by atoms with Crippen molar-refractivity contribution in [1.29, 1.82) is 0 Å². The average Bonchev–Trinajstić information content (AvgIpc) is 3.24. The highest BCUT2D eigenvalue weighted by atomic mass is 32.2. The largest absolute Gasteiger partial charge is 0.493 e. The summed E-state index contributed by atoms with van der Waals surface area (Å²) in [6.45, 7) is 11.4. The Morgan fingerprint density at radius 3 is 2.16 bits per heavy atom. The van der Waals surface area contributed by atoms with E-state index in [4.69, 9.17) is 9.47 Å². The summed E-state index contributed by atoms with van der Waals surface area (Å²) in [6.07, 6.45) is 1.57. The van der Waals surface area contributed by atoms with E-state index in [1.165, 1.54) is 43.5 Å². The van der Waals surface area contributed by atoms with Gasteiger partial charge in [-0.1, -0.05) is 12.1 Å². The highest BCUT2D eigenvalue weighted by Gasteiger charge is 2.29. The lowest BCUT2D eigenvalue weighted by Gasteiger charge is -2.25. The van der Waals surface area contributed by atoms with Crippen molar-refractivity contribution in [2.24, 2.45) is 5.10 Å². The van der Waals surface area contributed by atoms with Crippen molar-refractivity contribution < 1.29 is 22.7 Å². The monoisotopic (exact) mass is 602 g/mol. The Morgan fingerprint density at radius 2 is 1.53 bits per heavy atom. The molecule has 0 atom stereocenters. The molecule has 9 nitrogen and oxygen atoms in total. The van der Waals surface area contributed by atoms with Crippen LogP contribution in [-0.4, -0.2) is 45.9 Å². The zero-order valence-corrected chi connectivity index (χ0v) is 26.7. The highest BCUT2D eigenvalue weighted by Crippen LogP contribution is 2.32. The normalized spacial score (nSPS) is 11.5. The number of hydrazone groups is 1. The molecule has 0 aliphatic heterocycles. The number of nitrogens with one attached hydrogen (secondary N) is 1. The summed E-state index contributed by atoms with van der Waals surface area (Å²) in [6, 6.07) is 18.0. The summed E-state index contributed by atoms with van der Waals surface area (Å²) in [4.78, 5) is 13.1. The lowest BCUT2D eigenvalue weighted by molar-refractivity contribution is -0.119. The number of hydrogen-bond acceptors (Lipinski definition) is 6. The molecular formula is C33H38N4O5S. The third kappa shape index (κ3) is 6.75. The molecule has 0 bridgehead atoms. The average molecular weight is 603 g/mol. The van der Waals surface area contributed by atoms with E-state index >= 15 is 0 Å². The van der Waals surface area contributed by atoms with Crippen molar-refractivity contribution in [3.63, 3.8) is 0 Å². The number of rotatable bonds is 10. The van der Waals surface area contributed by atoms with E-state index < -0.39 is 22.5 Å². The third-order valence-electron chi connectivity index (χ3n) is 7.34. The Morgan fingerprint density at radius 1 is 0.860 bits per heavy atom. The van der Waals surface area contributed by atoms with Gasteiger partial charge < -0.3 is 14.0 Å². The molecule has 43 heavy (non-hydrogen) atoms. The lowest BCUT2D eigenvalue weighted by atomic mass is 10.1. The van der Waals surface area contributed by atoms with E-state index in [1.54, 1.807) is 18.3 Å². The second-order valence-corrected chi connectivity index (χ2v) is 12.5. The Labute approximate surface area is 253 Å². The van der Waals surface area contributed by atoms with Gasteiger partial charge in [-0.05, 0) is 106 Å². The van der Waals surface area contributed by atoms with Gasteiger partial charge in [-0.3, -0.25) is 9.10 Å². The number of aryl methyl sites for hydroxylation is 5. The maximum absolute atomic E-state index is 13.9. The van der Waals surface area contributed by atoms with E-state index in [1.807, 2.05) is 39.8 Å². The smallest absolute Gasteiger partial charge is 0.264 e. The van der Waals surface area contributed by atoms with Crippen LogP contribution in [0.3, 0.4) is 0 Å². The summed E-state index contributed by atoms with van der Waals surface area (Å²) < 4.78 is 41.6. The van der Waals surface area contributed by atoms with Crippen molar-refractivity contribution in [2.45, 2.75) is 46.4 Å².